The Hall–Kier alpha value is -0.860. The molecule has 1 aromatic rings. The van der Waals surface area contributed by atoms with Crippen molar-refractivity contribution in [3.8, 4) is 0 Å². The molecule has 0 amide bonds. The highest BCUT2D eigenvalue weighted by atomic mass is 16.5. The second kappa shape index (κ2) is 5.10. The predicted molar refractivity (Wildman–Crippen MR) is 83.3 cm³/mol. The molecule has 1 aliphatic heterocycles. The summed E-state index contributed by atoms with van der Waals surface area (Å²) in [5, 5.41) is 11.3. The highest BCUT2D eigenvalue weighted by molar-refractivity contribution is 5.32. The molecule has 0 bridgehead atoms. The summed E-state index contributed by atoms with van der Waals surface area (Å²) < 4.78 is 6.15. The van der Waals surface area contributed by atoms with Crippen molar-refractivity contribution in [1.82, 2.24) is 0 Å². The highest BCUT2D eigenvalue weighted by Crippen LogP contribution is 2.47. The van der Waals surface area contributed by atoms with E-state index in [1.807, 2.05) is 0 Å². The molecular formula is C19H26O2. The molecule has 1 spiro atoms. The normalized spacial score (nSPS) is 34.8. The molecule has 1 saturated carbocycles. The van der Waals surface area contributed by atoms with Crippen molar-refractivity contribution >= 4 is 0 Å². The van der Waals surface area contributed by atoms with E-state index in [9.17, 15) is 5.11 Å². The van der Waals surface area contributed by atoms with Crippen molar-refractivity contribution in [2.45, 2.75) is 69.0 Å². The SMILES string of the molecule is OC1(C2CCOC3(CCCC3)C2)CCc2ccccc2C1. The quantitative estimate of drug-likeness (QED) is 0.854. The molecule has 1 aromatic carbocycles. The second-order valence-corrected chi connectivity index (χ2v) is 7.48. The summed E-state index contributed by atoms with van der Waals surface area (Å²) in [7, 11) is 0. The fraction of sp³-hybridized carbons (Fsp3) is 0.684. The molecule has 2 unspecified atom stereocenters. The fourth-order valence-corrected chi connectivity index (χ4v) is 4.95. The molecule has 2 nitrogen and oxygen atoms in total. The average molecular weight is 286 g/mol. The lowest BCUT2D eigenvalue weighted by Gasteiger charge is -2.47. The second-order valence-electron chi connectivity index (χ2n) is 7.48. The van der Waals surface area contributed by atoms with Gasteiger partial charge in [-0.2, -0.15) is 0 Å². The van der Waals surface area contributed by atoms with Crippen molar-refractivity contribution in [2.75, 3.05) is 6.61 Å². The number of aryl methyl sites for hydroxylation is 1. The number of hydrogen-bond acceptors (Lipinski definition) is 2. The van der Waals surface area contributed by atoms with Crippen LogP contribution in [-0.2, 0) is 17.6 Å². The summed E-state index contributed by atoms with van der Waals surface area (Å²) in [6.07, 6.45) is 9.89. The first kappa shape index (κ1) is 13.8. The van der Waals surface area contributed by atoms with Crippen LogP contribution < -0.4 is 0 Å². The summed E-state index contributed by atoms with van der Waals surface area (Å²) in [6.45, 7) is 0.842. The minimum atomic E-state index is -0.506. The van der Waals surface area contributed by atoms with Gasteiger partial charge in [-0.1, -0.05) is 37.1 Å². The van der Waals surface area contributed by atoms with Crippen LogP contribution in [0.1, 0.15) is 56.1 Å². The maximum Gasteiger partial charge on any atom is 0.0721 e. The van der Waals surface area contributed by atoms with Crippen molar-refractivity contribution in [3.05, 3.63) is 35.4 Å². The van der Waals surface area contributed by atoms with Gasteiger partial charge in [0.15, 0.2) is 0 Å². The van der Waals surface area contributed by atoms with Gasteiger partial charge in [-0.15, -0.1) is 0 Å². The van der Waals surface area contributed by atoms with Gasteiger partial charge in [0.05, 0.1) is 11.2 Å². The molecule has 1 heterocycles. The molecule has 1 saturated heterocycles. The Bertz CT molecular complexity index is 518. The van der Waals surface area contributed by atoms with E-state index < -0.39 is 5.60 Å². The predicted octanol–water partition coefficient (Wildman–Crippen LogP) is 3.65. The first-order chi connectivity index (χ1) is 10.2. The monoisotopic (exact) mass is 286 g/mol. The lowest BCUT2D eigenvalue weighted by atomic mass is 9.67. The van der Waals surface area contributed by atoms with Crippen LogP contribution in [-0.4, -0.2) is 22.9 Å². The fourth-order valence-electron chi connectivity index (χ4n) is 4.95. The Morgan fingerprint density at radius 2 is 1.81 bits per heavy atom. The molecule has 0 radical (unpaired) electrons. The van der Waals surface area contributed by atoms with E-state index in [4.69, 9.17) is 4.74 Å². The molecule has 114 valence electrons. The minimum Gasteiger partial charge on any atom is -0.389 e. The van der Waals surface area contributed by atoms with E-state index in [1.165, 1.54) is 36.8 Å². The van der Waals surface area contributed by atoms with Gasteiger partial charge in [-0.25, -0.2) is 0 Å². The molecule has 0 aromatic heterocycles. The van der Waals surface area contributed by atoms with Crippen LogP contribution >= 0.6 is 0 Å². The lowest BCUT2D eigenvalue weighted by Crippen LogP contribution is -2.50. The zero-order valence-electron chi connectivity index (χ0n) is 12.8. The Morgan fingerprint density at radius 3 is 2.62 bits per heavy atom. The van der Waals surface area contributed by atoms with Crippen molar-refractivity contribution in [3.63, 3.8) is 0 Å². The number of aliphatic hydroxyl groups is 1. The Kier molecular flexibility index (Phi) is 3.35. The first-order valence-electron chi connectivity index (χ1n) is 8.62. The van der Waals surface area contributed by atoms with Crippen molar-refractivity contribution in [1.29, 1.82) is 0 Å². The van der Waals surface area contributed by atoms with Gasteiger partial charge in [-0.05, 0) is 55.6 Å². The van der Waals surface area contributed by atoms with Gasteiger partial charge in [0.2, 0.25) is 0 Å². The standard InChI is InChI=1S/C19H26O2/c20-19(11-7-15-5-1-2-6-16(15)13-19)17-8-12-21-18(14-17)9-3-4-10-18/h1-2,5-6,17,20H,3-4,7-14H2. The van der Waals surface area contributed by atoms with Crippen LogP contribution in [0.4, 0.5) is 0 Å². The minimum absolute atomic E-state index is 0.107. The van der Waals surface area contributed by atoms with Gasteiger partial charge in [0.1, 0.15) is 0 Å². The lowest BCUT2D eigenvalue weighted by molar-refractivity contribution is -0.143. The highest BCUT2D eigenvalue weighted by Gasteiger charge is 2.47. The Morgan fingerprint density at radius 1 is 1.05 bits per heavy atom. The van der Waals surface area contributed by atoms with Gasteiger partial charge in [0.25, 0.3) is 0 Å². The van der Waals surface area contributed by atoms with E-state index in [0.717, 1.165) is 38.7 Å². The zero-order valence-corrected chi connectivity index (χ0v) is 12.8. The first-order valence-corrected chi connectivity index (χ1v) is 8.62. The molecule has 1 N–H and O–H groups in total. The van der Waals surface area contributed by atoms with E-state index in [-0.39, 0.29) is 5.60 Å². The van der Waals surface area contributed by atoms with Crippen LogP contribution in [0.2, 0.25) is 0 Å². The van der Waals surface area contributed by atoms with Crippen LogP contribution in [0.5, 0.6) is 0 Å². The third-order valence-corrected chi connectivity index (χ3v) is 6.21. The van der Waals surface area contributed by atoms with Crippen molar-refractivity contribution < 1.29 is 9.84 Å². The van der Waals surface area contributed by atoms with E-state index in [1.54, 1.807) is 0 Å². The largest absolute Gasteiger partial charge is 0.389 e. The number of hydrogen-bond donors (Lipinski definition) is 1. The summed E-state index contributed by atoms with van der Waals surface area (Å²) in [5.41, 5.74) is 2.40. The number of ether oxygens (including phenoxy) is 1. The molecule has 21 heavy (non-hydrogen) atoms. The topological polar surface area (TPSA) is 29.5 Å². The molecule has 2 aliphatic carbocycles. The van der Waals surface area contributed by atoms with Gasteiger partial charge in [0, 0.05) is 13.0 Å². The van der Waals surface area contributed by atoms with E-state index in [2.05, 4.69) is 24.3 Å². The third kappa shape index (κ3) is 2.43. The van der Waals surface area contributed by atoms with Crippen molar-refractivity contribution in [2.24, 2.45) is 5.92 Å². The summed E-state index contributed by atoms with van der Waals surface area (Å²) in [5.74, 6) is 0.415. The van der Waals surface area contributed by atoms with Crippen LogP contribution in [0, 0.1) is 5.92 Å². The number of fused-ring (bicyclic) bond motifs is 1. The molecule has 2 fully saturated rings. The van der Waals surface area contributed by atoms with Gasteiger partial charge in [-0.3, -0.25) is 0 Å². The van der Waals surface area contributed by atoms with Gasteiger partial charge >= 0.3 is 0 Å². The molecule has 2 atom stereocenters. The van der Waals surface area contributed by atoms with Gasteiger partial charge < -0.3 is 9.84 Å². The maximum atomic E-state index is 11.3. The third-order valence-electron chi connectivity index (χ3n) is 6.21. The zero-order chi connectivity index (χ0) is 14.3. The summed E-state index contributed by atoms with van der Waals surface area (Å²) in [6, 6.07) is 8.64. The van der Waals surface area contributed by atoms with Crippen LogP contribution in [0.3, 0.4) is 0 Å². The Labute approximate surface area is 127 Å². The molecule has 3 aliphatic rings. The molecular weight excluding hydrogens is 260 g/mol. The number of benzene rings is 1. The van der Waals surface area contributed by atoms with E-state index in [0.29, 0.717) is 5.92 Å². The smallest absolute Gasteiger partial charge is 0.0721 e. The van der Waals surface area contributed by atoms with Crippen LogP contribution in [0.25, 0.3) is 0 Å². The molecule has 4 rings (SSSR count). The summed E-state index contributed by atoms with van der Waals surface area (Å²) in [4.78, 5) is 0. The molecule has 2 heteroatoms. The van der Waals surface area contributed by atoms with E-state index >= 15 is 0 Å². The Balaban J connectivity index is 1.55. The average Bonchev–Trinajstić information content (AvgIpc) is 2.95. The number of rotatable bonds is 1. The maximum absolute atomic E-state index is 11.3. The summed E-state index contributed by atoms with van der Waals surface area (Å²) >= 11 is 0. The van der Waals surface area contributed by atoms with Crippen LogP contribution in [0.15, 0.2) is 24.3 Å².